The van der Waals surface area contributed by atoms with Crippen molar-refractivity contribution in [2.45, 2.75) is 25.2 Å². The summed E-state index contributed by atoms with van der Waals surface area (Å²) in [7, 11) is 0. The molecule has 0 saturated carbocycles. The highest BCUT2D eigenvalue weighted by atomic mass is 32.2. The van der Waals surface area contributed by atoms with E-state index in [2.05, 4.69) is 10.2 Å². The maximum atomic E-state index is 10.2. The van der Waals surface area contributed by atoms with Gasteiger partial charge >= 0.3 is 0 Å². The number of aromatic nitrogens is 2. The average molecular weight is 278 g/mol. The van der Waals surface area contributed by atoms with Gasteiger partial charge in [0.05, 0.1) is 0 Å². The lowest BCUT2D eigenvalue weighted by Crippen LogP contribution is -1.95. The Morgan fingerprint density at radius 3 is 3.11 bits per heavy atom. The first-order chi connectivity index (χ1) is 9.28. The third-order valence-corrected chi connectivity index (χ3v) is 3.11. The number of hydrogen-bond donors (Lipinski definition) is 0. The lowest BCUT2D eigenvalue weighted by Gasteiger charge is -2.03. The van der Waals surface area contributed by atoms with E-state index in [1.54, 1.807) is 0 Å². The molecule has 19 heavy (non-hydrogen) atoms. The molecular formula is C13H14N2O3S. The summed E-state index contributed by atoms with van der Waals surface area (Å²) >= 11 is 1.36. The maximum absolute atomic E-state index is 10.2. The number of nitrogens with zero attached hydrogens (tertiary/aromatic N) is 2. The van der Waals surface area contributed by atoms with E-state index in [9.17, 15) is 4.79 Å². The quantitative estimate of drug-likeness (QED) is 0.440. The van der Waals surface area contributed by atoms with Crippen LogP contribution in [0.5, 0.6) is 5.75 Å². The molecule has 0 N–H and O–H groups in total. The van der Waals surface area contributed by atoms with E-state index in [1.807, 2.05) is 31.2 Å². The van der Waals surface area contributed by atoms with Gasteiger partial charge in [0, 0.05) is 12.2 Å². The van der Waals surface area contributed by atoms with Gasteiger partial charge in [-0.25, -0.2) is 0 Å². The summed E-state index contributed by atoms with van der Waals surface area (Å²) in [4.78, 5) is 10.2. The van der Waals surface area contributed by atoms with Crippen molar-refractivity contribution >= 4 is 18.0 Å². The van der Waals surface area contributed by atoms with Gasteiger partial charge in [-0.05, 0) is 24.6 Å². The van der Waals surface area contributed by atoms with Gasteiger partial charge in [0.1, 0.15) is 12.0 Å². The standard InChI is InChI=1S/C13H14N2O3S/c1-10-4-2-5-11(8-10)17-9-12-14-15-13(18-12)19-7-3-6-16/h2,4-6,8H,3,7,9H2,1H3. The molecule has 0 amide bonds. The highest BCUT2D eigenvalue weighted by Crippen LogP contribution is 2.18. The van der Waals surface area contributed by atoms with E-state index < -0.39 is 0 Å². The monoisotopic (exact) mass is 278 g/mol. The summed E-state index contributed by atoms with van der Waals surface area (Å²) in [5.74, 6) is 1.84. The third-order valence-electron chi connectivity index (χ3n) is 2.26. The van der Waals surface area contributed by atoms with Crippen LogP contribution in [-0.2, 0) is 11.4 Å². The predicted octanol–water partition coefficient (Wildman–Crippen LogP) is 2.64. The summed E-state index contributed by atoms with van der Waals surface area (Å²) in [6.07, 6.45) is 1.34. The molecule has 5 nitrogen and oxygen atoms in total. The van der Waals surface area contributed by atoms with Crippen molar-refractivity contribution in [1.29, 1.82) is 0 Å². The number of hydrogen-bond acceptors (Lipinski definition) is 6. The fraction of sp³-hybridized carbons (Fsp3) is 0.308. The largest absolute Gasteiger partial charge is 0.484 e. The molecule has 0 aliphatic heterocycles. The SMILES string of the molecule is Cc1cccc(OCc2nnc(SCCC=O)o2)c1. The van der Waals surface area contributed by atoms with Gasteiger partial charge in [-0.15, -0.1) is 10.2 Å². The van der Waals surface area contributed by atoms with E-state index in [1.165, 1.54) is 11.8 Å². The summed E-state index contributed by atoms with van der Waals surface area (Å²) < 4.78 is 10.9. The zero-order chi connectivity index (χ0) is 13.5. The van der Waals surface area contributed by atoms with Crippen LogP contribution in [0.15, 0.2) is 33.9 Å². The van der Waals surface area contributed by atoms with E-state index in [4.69, 9.17) is 9.15 Å². The van der Waals surface area contributed by atoms with Gasteiger partial charge in [0.15, 0.2) is 6.61 Å². The zero-order valence-electron chi connectivity index (χ0n) is 10.5. The van der Waals surface area contributed by atoms with Crippen molar-refractivity contribution in [3.8, 4) is 5.75 Å². The Labute approximate surface area is 115 Å². The first kappa shape index (κ1) is 13.6. The van der Waals surface area contributed by atoms with Gasteiger partial charge in [-0.1, -0.05) is 23.9 Å². The van der Waals surface area contributed by atoms with E-state index in [0.29, 0.717) is 23.3 Å². The van der Waals surface area contributed by atoms with Crippen LogP contribution >= 0.6 is 11.8 Å². The number of aldehydes is 1. The molecule has 1 aromatic heterocycles. The lowest BCUT2D eigenvalue weighted by atomic mass is 10.2. The second-order valence-electron chi connectivity index (χ2n) is 3.87. The maximum Gasteiger partial charge on any atom is 0.276 e. The minimum atomic E-state index is 0.241. The lowest BCUT2D eigenvalue weighted by molar-refractivity contribution is -0.107. The number of aryl methyl sites for hydroxylation is 1. The first-order valence-electron chi connectivity index (χ1n) is 5.86. The number of benzene rings is 1. The average Bonchev–Trinajstić information content (AvgIpc) is 2.85. The minimum absolute atomic E-state index is 0.241. The molecule has 0 atom stereocenters. The van der Waals surface area contributed by atoms with Crippen LogP contribution in [0.2, 0.25) is 0 Å². The molecule has 0 unspecified atom stereocenters. The number of carbonyl (C=O) groups excluding carboxylic acids is 1. The molecular weight excluding hydrogens is 264 g/mol. The fourth-order valence-electron chi connectivity index (χ4n) is 1.40. The Bertz CT molecular complexity index is 542. The molecule has 100 valence electrons. The molecule has 0 saturated heterocycles. The topological polar surface area (TPSA) is 65.2 Å². The smallest absolute Gasteiger partial charge is 0.276 e. The fourth-order valence-corrected chi connectivity index (χ4v) is 2.04. The van der Waals surface area contributed by atoms with Crippen LogP contribution in [0.25, 0.3) is 0 Å². The molecule has 0 bridgehead atoms. The summed E-state index contributed by atoms with van der Waals surface area (Å²) in [6, 6.07) is 7.75. The number of carbonyl (C=O) groups is 1. The molecule has 0 spiro atoms. The zero-order valence-corrected chi connectivity index (χ0v) is 11.4. The number of ether oxygens (including phenoxy) is 1. The number of thioether (sulfide) groups is 1. The highest BCUT2D eigenvalue weighted by molar-refractivity contribution is 7.99. The molecule has 0 aliphatic carbocycles. The summed E-state index contributed by atoms with van der Waals surface area (Å²) in [5.41, 5.74) is 1.13. The first-order valence-corrected chi connectivity index (χ1v) is 6.85. The molecule has 0 aliphatic rings. The van der Waals surface area contributed by atoms with Crippen LogP contribution in [-0.4, -0.2) is 22.2 Å². The van der Waals surface area contributed by atoms with Crippen molar-refractivity contribution in [2.24, 2.45) is 0 Å². The van der Waals surface area contributed by atoms with Crippen LogP contribution in [0.4, 0.5) is 0 Å². The van der Waals surface area contributed by atoms with Gasteiger partial charge in [0.2, 0.25) is 0 Å². The van der Waals surface area contributed by atoms with Crippen LogP contribution in [0, 0.1) is 6.92 Å². The Hall–Kier alpha value is -1.82. The highest BCUT2D eigenvalue weighted by Gasteiger charge is 2.07. The second kappa shape index (κ2) is 6.94. The molecule has 0 fully saturated rings. The van der Waals surface area contributed by atoms with Crippen LogP contribution in [0.1, 0.15) is 17.9 Å². The van der Waals surface area contributed by atoms with Crippen LogP contribution < -0.4 is 4.74 Å². The summed E-state index contributed by atoms with van der Waals surface area (Å²) in [6.45, 7) is 2.24. The van der Waals surface area contributed by atoms with Gasteiger partial charge in [-0.2, -0.15) is 0 Å². The third kappa shape index (κ3) is 4.40. The van der Waals surface area contributed by atoms with Crippen molar-refractivity contribution in [2.75, 3.05) is 5.75 Å². The van der Waals surface area contributed by atoms with Crippen LogP contribution in [0.3, 0.4) is 0 Å². The van der Waals surface area contributed by atoms with Gasteiger partial charge < -0.3 is 13.9 Å². The number of rotatable bonds is 7. The van der Waals surface area contributed by atoms with E-state index in [-0.39, 0.29) is 6.61 Å². The molecule has 2 aromatic rings. The molecule has 2 rings (SSSR count). The Morgan fingerprint density at radius 2 is 2.32 bits per heavy atom. The molecule has 1 aromatic carbocycles. The minimum Gasteiger partial charge on any atom is -0.484 e. The Balaban J connectivity index is 1.84. The molecule has 6 heteroatoms. The van der Waals surface area contributed by atoms with Crippen molar-refractivity contribution in [3.63, 3.8) is 0 Å². The van der Waals surface area contributed by atoms with E-state index in [0.717, 1.165) is 17.6 Å². The van der Waals surface area contributed by atoms with Crippen molar-refractivity contribution in [3.05, 3.63) is 35.7 Å². The predicted molar refractivity (Wildman–Crippen MR) is 71.2 cm³/mol. The van der Waals surface area contributed by atoms with E-state index >= 15 is 0 Å². The van der Waals surface area contributed by atoms with Gasteiger partial charge in [-0.3, -0.25) is 0 Å². The molecule has 1 heterocycles. The van der Waals surface area contributed by atoms with Crippen molar-refractivity contribution in [1.82, 2.24) is 10.2 Å². The Kier molecular flexibility index (Phi) is 4.97. The molecule has 0 radical (unpaired) electrons. The van der Waals surface area contributed by atoms with Gasteiger partial charge in [0.25, 0.3) is 11.1 Å². The second-order valence-corrected chi connectivity index (χ2v) is 4.92. The summed E-state index contributed by atoms with van der Waals surface area (Å²) in [5, 5.41) is 8.21. The van der Waals surface area contributed by atoms with Crippen molar-refractivity contribution < 1.29 is 13.9 Å². The Morgan fingerprint density at radius 1 is 1.42 bits per heavy atom. The normalized spacial score (nSPS) is 10.4.